The molecule has 0 bridgehead atoms. The Hall–Kier alpha value is -1.84. The highest BCUT2D eigenvalue weighted by molar-refractivity contribution is 5.80. The van der Waals surface area contributed by atoms with Crippen molar-refractivity contribution < 1.29 is 17.9 Å². The average Bonchev–Trinajstić information content (AvgIpc) is 2.77. The molecular weight excluding hydrogens is 407 g/mol. The zero-order valence-corrected chi connectivity index (χ0v) is 18.5. The minimum Gasteiger partial charge on any atom is -0.379 e. The van der Waals surface area contributed by atoms with Gasteiger partial charge in [0, 0.05) is 52.4 Å². The van der Waals surface area contributed by atoms with Crippen LogP contribution in [0.5, 0.6) is 0 Å². The molecule has 0 amide bonds. The van der Waals surface area contributed by atoms with Gasteiger partial charge in [0.1, 0.15) is 6.04 Å². The molecule has 2 heterocycles. The predicted octanol–water partition coefficient (Wildman–Crippen LogP) is 2.55. The Bertz CT molecular complexity index is 713. The Morgan fingerprint density at radius 2 is 1.71 bits per heavy atom. The summed E-state index contributed by atoms with van der Waals surface area (Å²) in [5.41, 5.74) is 2.43. The van der Waals surface area contributed by atoms with Crippen LogP contribution in [0.15, 0.2) is 29.3 Å². The second kappa shape index (κ2) is 11.2. The number of guanidine groups is 1. The molecule has 1 aromatic rings. The van der Waals surface area contributed by atoms with Gasteiger partial charge >= 0.3 is 6.18 Å². The Morgan fingerprint density at radius 3 is 2.32 bits per heavy atom. The molecule has 0 aromatic heterocycles. The molecule has 0 radical (unpaired) electrons. The van der Waals surface area contributed by atoms with E-state index >= 15 is 0 Å². The second-order valence-electron chi connectivity index (χ2n) is 8.07. The first kappa shape index (κ1) is 23.8. The van der Waals surface area contributed by atoms with Crippen molar-refractivity contribution in [3.63, 3.8) is 0 Å². The molecule has 0 spiro atoms. The number of hydrogen-bond donors (Lipinski definition) is 1. The monoisotopic (exact) mass is 441 g/mol. The number of ether oxygens (including phenoxy) is 1. The SMILES string of the molecule is CCNC(=NCc1ccccc1CN1CCOCC1)N1CCN(C(C)C(F)(F)F)CC1. The maximum absolute atomic E-state index is 13.0. The number of aliphatic imine (C=N–C) groups is 1. The molecule has 0 saturated carbocycles. The Morgan fingerprint density at radius 1 is 1.06 bits per heavy atom. The lowest BCUT2D eigenvalue weighted by atomic mass is 10.1. The van der Waals surface area contributed by atoms with Crippen molar-refractivity contribution in [1.29, 1.82) is 0 Å². The van der Waals surface area contributed by atoms with E-state index in [2.05, 4.69) is 33.3 Å². The average molecular weight is 442 g/mol. The van der Waals surface area contributed by atoms with Gasteiger partial charge in [0.15, 0.2) is 5.96 Å². The van der Waals surface area contributed by atoms with Gasteiger partial charge in [0.25, 0.3) is 0 Å². The van der Waals surface area contributed by atoms with Crippen LogP contribution in [-0.2, 0) is 17.8 Å². The van der Waals surface area contributed by atoms with Crippen LogP contribution in [0.3, 0.4) is 0 Å². The topological polar surface area (TPSA) is 43.3 Å². The molecule has 0 aliphatic carbocycles. The van der Waals surface area contributed by atoms with E-state index in [1.165, 1.54) is 23.0 Å². The van der Waals surface area contributed by atoms with Crippen LogP contribution in [-0.4, -0.2) is 91.9 Å². The summed E-state index contributed by atoms with van der Waals surface area (Å²) in [5, 5.41) is 3.31. The number of piperazine rings is 1. The van der Waals surface area contributed by atoms with Gasteiger partial charge in [0.05, 0.1) is 19.8 Å². The molecule has 2 aliphatic heterocycles. The molecule has 9 heteroatoms. The van der Waals surface area contributed by atoms with E-state index in [0.29, 0.717) is 39.3 Å². The number of nitrogens with zero attached hydrogens (tertiary/aromatic N) is 4. The molecule has 2 fully saturated rings. The summed E-state index contributed by atoms with van der Waals surface area (Å²) < 4.78 is 44.5. The summed E-state index contributed by atoms with van der Waals surface area (Å²) in [6.07, 6.45) is -4.19. The molecule has 6 nitrogen and oxygen atoms in total. The number of hydrogen-bond acceptors (Lipinski definition) is 4. The zero-order valence-electron chi connectivity index (χ0n) is 18.5. The smallest absolute Gasteiger partial charge is 0.379 e. The summed E-state index contributed by atoms with van der Waals surface area (Å²) in [7, 11) is 0. The fourth-order valence-electron chi connectivity index (χ4n) is 3.98. The number of rotatable bonds is 6. The number of benzene rings is 1. The lowest BCUT2D eigenvalue weighted by Crippen LogP contribution is -2.56. The number of nitrogens with one attached hydrogen (secondary N) is 1. The summed E-state index contributed by atoms with van der Waals surface area (Å²) >= 11 is 0. The van der Waals surface area contributed by atoms with Gasteiger partial charge in [-0.25, -0.2) is 4.99 Å². The van der Waals surface area contributed by atoms with Crippen molar-refractivity contribution in [2.24, 2.45) is 4.99 Å². The van der Waals surface area contributed by atoms with Crippen molar-refractivity contribution in [3.8, 4) is 0 Å². The maximum atomic E-state index is 13.0. The van der Waals surface area contributed by atoms with E-state index in [1.54, 1.807) is 0 Å². The highest BCUT2D eigenvalue weighted by Crippen LogP contribution is 2.25. The molecule has 1 atom stereocenters. The van der Waals surface area contributed by atoms with Crippen molar-refractivity contribution in [2.45, 2.75) is 39.2 Å². The quantitative estimate of drug-likeness (QED) is 0.543. The van der Waals surface area contributed by atoms with Crippen LogP contribution in [0.4, 0.5) is 13.2 Å². The van der Waals surface area contributed by atoms with E-state index in [-0.39, 0.29) is 0 Å². The number of alkyl halides is 3. The highest BCUT2D eigenvalue weighted by Gasteiger charge is 2.41. The van der Waals surface area contributed by atoms with Gasteiger partial charge in [-0.15, -0.1) is 0 Å². The second-order valence-corrected chi connectivity index (χ2v) is 8.07. The van der Waals surface area contributed by atoms with Crippen LogP contribution in [0.2, 0.25) is 0 Å². The van der Waals surface area contributed by atoms with Crippen LogP contribution in [0.1, 0.15) is 25.0 Å². The van der Waals surface area contributed by atoms with Crippen molar-refractivity contribution in [2.75, 3.05) is 59.0 Å². The lowest BCUT2D eigenvalue weighted by molar-refractivity contribution is -0.181. The van der Waals surface area contributed by atoms with Crippen LogP contribution in [0, 0.1) is 0 Å². The molecule has 3 rings (SSSR count). The lowest BCUT2D eigenvalue weighted by Gasteiger charge is -2.39. The van der Waals surface area contributed by atoms with Crippen LogP contribution >= 0.6 is 0 Å². The third-order valence-corrected chi connectivity index (χ3v) is 5.99. The summed E-state index contributed by atoms with van der Waals surface area (Å²) in [5.74, 6) is 0.767. The maximum Gasteiger partial charge on any atom is 0.403 e. The summed E-state index contributed by atoms with van der Waals surface area (Å²) in [6.45, 7) is 10.6. The standard InChI is InChI=1S/C22H34F3N5O/c1-3-26-21(30-10-8-29(9-11-30)18(2)22(23,24)25)27-16-19-6-4-5-7-20(19)17-28-12-14-31-15-13-28/h4-7,18H,3,8-17H2,1-2H3,(H,26,27). The van der Waals surface area contributed by atoms with Crippen LogP contribution < -0.4 is 5.32 Å². The third kappa shape index (κ3) is 6.82. The van der Waals surface area contributed by atoms with E-state index < -0.39 is 12.2 Å². The van der Waals surface area contributed by atoms with Crippen LogP contribution in [0.25, 0.3) is 0 Å². The molecule has 2 aliphatic rings. The largest absolute Gasteiger partial charge is 0.403 e. The van der Waals surface area contributed by atoms with Gasteiger partial charge in [0.2, 0.25) is 0 Å². The Kier molecular flexibility index (Phi) is 8.57. The Labute approximate surface area is 183 Å². The Balaban J connectivity index is 1.63. The summed E-state index contributed by atoms with van der Waals surface area (Å²) in [4.78, 5) is 10.8. The zero-order chi connectivity index (χ0) is 22.3. The van der Waals surface area contributed by atoms with E-state index in [0.717, 1.165) is 38.8 Å². The third-order valence-electron chi connectivity index (χ3n) is 5.99. The summed E-state index contributed by atoms with van der Waals surface area (Å²) in [6, 6.07) is 6.91. The number of morpholine rings is 1. The molecule has 174 valence electrons. The van der Waals surface area contributed by atoms with E-state index in [4.69, 9.17) is 9.73 Å². The molecule has 31 heavy (non-hydrogen) atoms. The van der Waals surface area contributed by atoms with Crippen molar-refractivity contribution in [1.82, 2.24) is 20.0 Å². The predicted molar refractivity (Wildman–Crippen MR) is 116 cm³/mol. The molecule has 1 unspecified atom stereocenters. The van der Waals surface area contributed by atoms with Gasteiger partial charge < -0.3 is 15.0 Å². The molecule has 1 aromatic carbocycles. The fraction of sp³-hybridized carbons (Fsp3) is 0.682. The minimum absolute atomic E-state index is 0.374. The van der Waals surface area contributed by atoms with E-state index in [1.807, 2.05) is 13.0 Å². The fourth-order valence-corrected chi connectivity index (χ4v) is 3.98. The van der Waals surface area contributed by atoms with Gasteiger partial charge in [-0.2, -0.15) is 13.2 Å². The molecule has 2 saturated heterocycles. The number of halogens is 3. The molecule has 1 N–H and O–H groups in total. The first-order valence-electron chi connectivity index (χ1n) is 11.1. The molecular formula is C22H34F3N5O. The minimum atomic E-state index is -4.19. The first-order chi connectivity index (χ1) is 14.9. The van der Waals surface area contributed by atoms with Gasteiger partial charge in [-0.05, 0) is 25.0 Å². The van der Waals surface area contributed by atoms with Crippen molar-refractivity contribution >= 4 is 5.96 Å². The van der Waals surface area contributed by atoms with E-state index in [9.17, 15) is 13.2 Å². The van der Waals surface area contributed by atoms with Gasteiger partial charge in [-0.3, -0.25) is 9.80 Å². The normalized spacial score (nSPS) is 20.7. The van der Waals surface area contributed by atoms with Gasteiger partial charge in [-0.1, -0.05) is 24.3 Å². The highest BCUT2D eigenvalue weighted by atomic mass is 19.4. The first-order valence-corrected chi connectivity index (χ1v) is 11.1. The van der Waals surface area contributed by atoms with Crippen molar-refractivity contribution in [3.05, 3.63) is 35.4 Å².